The van der Waals surface area contributed by atoms with Crippen molar-refractivity contribution in [2.24, 2.45) is 0 Å². The molecule has 0 spiro atoms. The minimum atomic E-state index is 0.294. The Labute approximate surface area is 97.8 Å². The standard InChI is InChI=1S/C13H21NO2/c1-4-15-13-7-5-12(6-8-13)14-9-10-16-11(2)3/h5-8,11,14H,4,9-10H2,1-3H3. The summed E-state index contributed by atoms with van der Waals surface area (Å²) in [5.41, 5.74) is 1.09. The van der Waals surface area contributed by atoms with Gasteiger partial charge in [-0.05, 0) is 45.0 Å². The van der Waals surface area contributed by atoms with Crippen LogP contribution in [0.5, 0.6) is 5.75 Å². The van der Waals surface area contributed by atoms with E-state index in [2.05, 4.69) is 5.32 Å². The first-order chi connectivity index (χ1) is 7.72. The number of ether oxygens (including phenoxy) is 2. The number of anilines is 1. The lowest BCUT2D eigenvalue weighted by molar-refractivity contribution is 0.0870. The lowest BCUT2D eigenvalue weighted by atomic mass is 10.3. The van der Waals surface area contributed by atoms with Crippen molar-refractivity contribution in [1.29, 1.82) is 0 Å². The fourth-order valence-corrected chi connectivity index (χ4v) is 1.33. The molecule has 1 aromatic carbocycles. The zero-order chi connectivity index (χ0) is 11.8. The van der Waals surface area contributed by atoms with E-state index in [4.69, 9.17) is 9.47 Å². The summed E-state index contributed by atoms with van der Waals surface area (Å²) in [4.78, 5) is 0. The maximum Gasteiger partial charge on any atom is 0.119 e. The molecule has 3 nitrogen and oxygen atoms in total. The van der Waals surface area contributed by atoms with Gasteiger partial charge in [0.2, 0.25) is 0 Å². The minimum absolute atomic E-state index is 0.294. The Balaban J connectivity index is 2.26. The fraction of sp³-hybridized carbons (Fsp3) is 0.538. The number of rotatable bonds is 7. The van der Waals surface area contributed by atoms with E-state index >= 15 is 0 Å². The van der Waals surface area contributed by atoms with Crippen LogP contribution in [0.2, 0.25) is 0 Å². The van der Waals surface area contributed by atoms with Gasteiger partial charge in [-0.25, -0.2) is 0 Å². The van der Waals surface area contributed by atoms with Crippen molar-refractivity contribution in [3.05, 3.63) is 24.3 Å². The summed E-state index contributed by atoms with van der Waals surface area (Å²) in [5, 5.41) is 3.29. The van der Waals surface area contributed by atoms with Crippen LogP contribution in [0.25, 0.3) is 0 Å². The van der Waals surface area contributed by atoms with Crippen LogP contribution >= 0.6 is 0 Å². The van der Waals surface area contributed by atoms with E-state index in [9.17, 15) is 0 Å². The molecule has 1 N–H and O–H groups in total. The quantitative estimate of drug-likeness (QED) is 0.721. The van der Waals surface area contributed by atoms with Crippen molar-refractivity contribution < 1.29 is 9.47 Å². The van der Waals surface area contributed by atoms with Crippen molar-refractivity contribution in [3.63, 3.8) is 0 Å². The molecule has 1 rings (SSSR count). The Morgan fingerprint density at radius 3 is 2.44 bits per heavy atom. The predicted octanol–water partition coefficient (Wildman–Crippen LogP) is 2.92. The summed E-state index contributed by atoms with van der Waals surface area (Å²) in [7, 11) is 0. The Kier molecular flexibility index (Phi) is 5.72. The summed E-state index contributed by atoms with van der Waals surface area (Å²) in [6.07, 6.45) is 0.294. The average molecular weight is 223 g/mol. The molecule has 0 heterocycles. The van der Waals surface area contributed by atoms with E-state index < -0.39 is 0 Å². The van der Waals surface area contributed by atoms with Gasteiger partial charge in [-0.1, -0.05) is 0 Å². The molecule has 0 atom stereocenters. The minimum Gasteiger partial charge on any atom is -0.494 e. The summed E-state index contributed by atoms with van der Waals surface area (Å²) < 4.78 is 10.8. The second-order valence-corrected chi connectivity index (χ2v) is 3.80. The van der Waals surface area contributed by atoms with Crippen LogP contribution in [0.4, 0.5) is 5.69 Å². The van der Waals surface area contributed by atoms with Crippen LogP contribution in [0.15, 0.2) is 24.3 Å². The third kappa shape index (κ3) is 5.03. The third-order valence-electron chi connectivity index (χ3n) is 2.05. The van der Waals surface area contributed by atoms with Crippen LogP contribution in [0.1, 0.15) is 20.8 Å². The number of hydrogen-bond acceptors (Lipinski definition) is 3. The van der Waals surface area contributed by atoms with Crippen molar-refractivity contribution in [2.75, 3.05) is 25.1 Å². The lowest BCUT2D eigenvalue weighted by Crippen LogP contribution is -2.13. The first-order valence-corrected chi connectivity index (χ1v) is 5.80. The Morgan fingerprint density at radius 2 is 1.88 bits per heavy atom. The molecule has 1 aromatic rings. The highest BCUT2D eigenvalue weighted by atomic mass is 16.5. The van der Waals surface area contributed by atoms with Crippen molar-refractivity contribution in [3.8, 4) is 5.75 Å². The Bertz CT molecular complexity index is 282. The molecule has 3 heteroatoms. The summed E-state index contributed by atoms with van der Waals surface area (Å²) in [5.74, 6) is 0.909. The Morgan fingerprint density at radius 1 is 1.19 bits per heavy atom. The molecular weight excluding hydrogens is 202 g/mol. The van der Waals surface area contributed by atoms with E-state index in [0.29, 0.717) is 12.7 Å². The first kappa shape index (κ1) is 12.8. The van der Waals surface area contributed by atoms with Crippen molar-refractivity contribution in [1.82, 2.24) is 0 Å². The van der Waals surface area contributed by atoms with E-state index in [0.717, 1.165) is 24.6 Å². The van der Waals surface area contributed by atoms with Gasteiger partial charge in [0.15, 0.2) is 0 Å². The average Bonchev–Trinajstić information content (AvgIpc) is 2.27. The molecule has 0 saturated heterocycles. The summed E-state index contributed by atoms with van der Waals surface area (Å²) in [6, 6.07) is 7.96. The maximum absolute atomic E-state index is 5.44. The summed E-state index contributed by atoms with van der Waals surface area (Å²) >= 11 is 0. The van der Waals surface area contributed by atoms with Crippen LogP contribution in [-0.2, 0) is 4.74 Å². The van der Waals surface area contributed by atoms with Crippen molar-refractivity contribution in [2.45, 2.75) is 26.9 Å². The second kappa shape index (κ2) is 7.12. The molecule has 0 fully saturated rings. The van der Waals surface area contributed by atoms with Gasteiger partial charge in [0.25, 0.3) is 0 Å². The highest BCUT2D eigenvalue weighted by molar-refractivity contribution is 5.46. The van der Waals surface area contributed by atoms with Gasteiger partial charge < -0.3 is 14.8 Å². The molecule has 0 amide bonds. The highest BCUT2D eigenvalue weighted by Crippen LogP contribution is 2.15. The smallest absolute Gasteiger partial charge is 0.119 e. The molecule has 0 radical (unpaired) electrons. The molecule has 0 unspecified atom stereocenters. The normalized spacial score (nSPS) is 10.5. The molecule has 0 aliphatic rings. The maximum atomic E-state index is 5.44. The topological polar surface area (TPSA) is 30.5 Å². The third-order valence-corrected chi connectivity index (χ3v) is 2.05. The van der Waals surface area contributed by atoms with Gasteiger partial charge in [-0.3, -0.25) is 0 Å². The fourth-order valence-electron chi connectivity index (χ4n) is 1.33. The van der Waals surface area contributed by atoms with Gasteiger partial charge in [0.05, 0.1) is 19.3 Å². The Hall–Kier alpha value is -1.22. The number of benzene rings is 1. The molecule has 0 saturated carbocycles. The second-order valence-electron chi connectivity index (χ2n) is 3.80. The highest BCUT2D eigenvalue weighted by Gasteiger charge is 1.95. The van der Waals surface area contributed by atoms with Crippen LogP contribution in [0.3, 0.4) is 0 Å². The van der Waals surface area contributed by atoms with Crippen molar-refractivity contribution >= 4 is 5.69 Å². The molecule has 0 aliphatic heterocycles. The molecular formula is C13H21NO2. The zero-order valence-electron chi connectivity index (χ0n) is 10.3. The van der Waals surface area contributed by atoms with Gasteiger partial charge in [-0.2, -0.15) is 0 Å². The largest absolute Gasteiger partial charge is 0.494 e. The SMILES string of the molecule is CCOc1ccc(NCCOC(C)C)cc1. The zero-order valence-corrected chi connectivity index (χ0v) is 10.3. The van der Waals surface area contributed by atoms with Crippen LogP contribution in [0, 0.1) is 0 Å². The first-order valence-electron chi connectivity index (χ1n) is 5.80. The molecule has 90 valence electrons. The van der Waals surface area contributed by atoms with E-state index in [1.807, 2.05) is 45.0 Å². The van der Waals surface area contributed by atoms with Gasteiger partial charge in [0.1, 0.15) is 5.75 Å². The van der Waals surface area contributed by atoms with E-state index in [1.165, 1.54) is 0 Å². The molecule has 0 aliphatic carbocycles. The monoisotopic (exact) mass is 223 g/mol. The summed E-state index contributed by atoms with van der Waals surface area (Å²) in [6.45, 7) is 8.31. The molecule has 16 heavy (non-hydrogen) atoms. The number of nitrogens with one attached hydrogen (secondary N) is 1. The molecule has 0 bridgehead atoms. The van der Waals surface area contributed by atoms with E-state index in [1.54, 1.807) is 0 Å². The van der Waals surface area contributed by atoms with Gasteiger partial charge in [-0.15, -0.1) is 0 Å². The van der Waals surface area contributed by atoms with Gasteiger partial charge in [0, 0.05) is 12.2 Å². The van der Waals surface area contributed by atoms with Gasteiger partial charge >= 0.3 is 0 Å². The van der Waals surface area contributed by atoms with Crippen LogP contribution < -0.4 is 10.1 Å². The molecule has 0 aromatic heterocycles. The lowest BCUT2D eigenvalue weighted by Gasteiger charge is -2.10. The van der Waals surface area contributed by atoms with Crippen LogP contribution in [-0.4, -0.2) is 25.9 Å². The van der Waals surface area contributed by atoms with E-state index in [-0.39, 0.29) is 0 Å². The predicted molar refractivity (Wildman–Crippen MR) is 67.2 cm³/mol. The number of hydrogen-bond donors (Lipinski definition) is 1.